The summed E-state index contributed by atoms with van der Waals surface area (Å²) < 4.78 is 147. The van der Waals surface area contributed by atoms with Crippen molar-refractivity contribution in [2.45, 2.75) is 0 Å². The van der Waals surface area contributed by atoms with Gasteiger partial charge in [-0.05, 0) is 48.4 Å². The Kier molecular flexibility index (Phi) is 3.87. The molecule has 4 heterocycles. The van der Waals surface area contributed by atoms with Gasteiger partial charge in [0, 0.05) is 38.4 Å². The van der Waals surface area contributed by atoms with Gasteiger partial charge >= 0.3 is 0 Å². The van der Waals surface area contributed by atoms with Crippen LogP contribution in [0.4, 0.5) is 0 Å². The normalized spacial score (nSPS) is 16.0. The SMILES string of the molecule is [2H]c1c([2H])c([2H])c2c(c1[2H])c1c([2H])c([2H])c([2H])c([2H])c1n2-c1nc(-c2ccccc2-c2nc3ccccc3n2-c2ccccc2)nc(-n2c3c([2H])c([2H])c([2H])c([2H])c3c3c([2H])c([2H])c([2H])c([2H])c32)n1. The lowest BCUT2D eigenvalue weighted by molar-refractivity contribution is 0.892. The van der Waals surface area contributed by atoms with Crippen molar-refractivity contribution >= 4 is 54.6 Å². The van der Waals surface area contributed by atoms with Crippen LogP contribution in [-0.2, 0) is 0 Å². The van der Waals surface area contributed by atoms with Crippen molar-refractivity contribution in [1.29, 1.82) is 0 Å². The van der Waals surface area contributed by atoms with Crippen molar-refractivity contribution in [1.82, 2.24) is 33.6 Å². The van der Waals surface area contributed by atoms with Gasteiger partial charge in [-0.3, -0.25) is 13.7 Å². The largest absolute Gasteiger partial charge is 0.292 e. The zero-order chi connectivity index (χ0) is 48.8. The topological polar surface area (TPSA) is 66.3 Å². The molecule has 4 aromatic heterocycles. The standard InChI is InChI=1S/C46H29N7/c1-2-16-30(17-3-1)51-42-29-15-10-24-37(42)47-44(51)36-23-5-4-22-35(36)43-48-45(52-38-25-11-6-18-31(38)32-19-7-12-26-39(32)52)50-46(49-43)53-40-27-13-8-20-33(40)34-21-9-14-28-41(34)53/h1-29H/i6D,7D,8D,9D,11D,12D,13D,14D,18D,19D,20D,21D,25D,26D,27D,28D. The second-order valence-corrected chi connectivity index (χ2v) is 12.0. The Hall–Kier alpha value is -7.38. The number of nitrogens with zero attached hydrogens (tertiary/aromatic N) is 7. The molecule has 11 rings (SSSR count). The van der Waals surface area contributed by atoms with Gasteiger partial charge in [0.15, 0.2) is 5.82 Å². The maximum Gasteiger partial charge on any atom is 0.240 e. The van der Waals surface area contributed by atoms with Gasteiger partial charge in [0.25, 0.3) is 0 Å². The highest BCUT2D eigenvalue weighted by atomic mass is 15.3. The summed E-state index contributed by atoms with van der Waals surface area (Å²) in [5, 5.41) is -1.10. The molecule has 0 unspecified atom stereocenters. The fraction of sp³-hybridized carbons (Fsp3) is 0. The Bertz CT molecular complexity index is 3780. The van der Waals surface area contributed by atoms with Crippen LogP contribution in [0.2, 0.25) is 0 Å². The first kappa shape index (κ1) is 17.7. The number of fused-ring (bicyclic) bond motifs is 7. The first-order valence-corrected chi connectivity index (χ1v) is 16.4. The van der Waals surface area contributed by atoms with Gasteiger partial charge in [-0.2, -0.15) is 15.0 Å². The van der Waals surface area contributed by atoms with Crippen LogP contribution in [0, 0.1) is 0 Å². The van der Waals surface area contributed by atoms with Gasteiger partial charge in [-0.15, -0.1) is 0 Å². The molecule has 0 aliphatic carbocycles. The molecule has 0 amide bonds. The monoisotopic (exact) mass is 695 g/mol. The molecule has 0 N–H and O–H groups in total. The van der Waals surface area contributed by atoms with Gasteiger partial charge in [0.2, 0.25) is 11.9 Å². The number of hydrogen-bond acceptors (Lipinski definition) is 4. The lowest BCUT2D eigenvalue weighted by Crippen LogP contribution is -2.10. The van der Waals surface area contributed by atoms with Crippen molar-refractivity contribution in [3.8, 4) is 40.4 Å². The van der Waals surface area contributed by atoms with E-state index in [-0.39, 0.29) is 55.0 Å². The molecule has 7 nitrogen and oxygen atoms in total. The molecule has 248 valence electrons. The number of imidazole rings is 1. The molecule has 7 heteroatoms. The van der Waals surface area contributed by atoms with Crippen LogP contribution in [0.5, 0.6) is 0 Å². The molecule has 0 radical (unpaired) electrons. The minimum Gasteiger partial charge on any atom is -0.292 e. The van der Waals surface area contributed by atoms with E-state index in [4.69, 9.17) is 36.4 Å². The van der Waals surface area contributed by atoms with E-state index in [2.05, 4.69) is 0 Å². The Morgan fingerprint density at radius 1 is 0.377 bits per heavy atom. The van der Waals surface area contributed by atoms with Crippen LogP contribution in [0.1, 0.15) is 21.9 Å². The maximum atomic E-state index is 9.23. The Morgan fingerprint density at radius 2 is 0.830 bits per heavy atom. The lowest BCUT2D eigenvalue weighted by Gasteiger charge is -2.15. The fourth-order valence-corrected chi connectivity index (χ4v) is 6.83. The number of aromatic nitrogens is 7. The van der Waals surface area contributed by atoms with Crippen LogP contribution < -0.4 is 0 Å². The molecule has 0 saturated heterocycles. The fourth-order valence-electron chi connectivity index (χ4n) is 6.83. The molecule has 0 spiro atoms. The molecular weight excluding hydrogens is 651 g/mol. The highest BCUT2D eigenvalue weighted by Crippen LogP contribution is 2.37. The number of benzene rings is 7. The second kappa shape index (κ2) is 11.6. The van der Waals surface area contributed by atoms with Gasteiger partial charge in [-0.1, -0.05) is 127 Å². The minimum atomic E-state index is -0.708. The maximum absolute atomic E-state index is 9.23. The zero-order valence-electron chi connectivity index (χ0n) is 43.1. The van der Waals surface area contributed by atoms with Crippen molar-refractivity contribution in [2.75, 3.05) is 0 Å². The van der Waals surface area contributed by atoms with Crippen LogP contribution >= 0.6 is 0 Å². The van der Waals surface area contributed by atoms with Gasteiger partial charge < -0.3 is 0 Å². The van der Waals surface area contributed by atoms with Gasteiger partial charge in [0.1, 0.15) is 5.82 Å². The summed E-state index contributed by atoms with van der Waals surface area (Å²) in [6.07, 6.45) is 0. The molecular formula is C46H29N7. The number of para-hydroxylation sites is 7. The lowest BCUT2D eigenvalue weighted by atomic mass is 10.1. The summed E-state index contributed by atoms with van der Waals surface area (Å²) in [4.78, 5) is 19.7. The first-order chi connectivity index (χ1) is 33.0. The van der Waals surface area contributed by atoms with Gasteiger partial charge in [0.05, 0.1) is 55.0 Å². The summed E-state index contributed by atoms with van der Waals surface area (Å²) in [7, 11) is 0. The molecule has 0 atom stereocenters. The van der Waals surface area contributed by atoms with E-state index in [9.17, 15) is 5.48 Å². The Labute approximate surface area is 326 Å². The molecule has 0 bridgehead atoms. The summed E-state index contributed by atoms with van der Waals surface area (Å²) >= 11 is 0. The highest BCUT2D eigenvalue weighted by Gasteiger charge is 2.23. The van der Waals surface area contributed by atoms with E-state index in [1.54, 1.807) is 24.3 Å². The van der Waals surface area contributed by atoms with Crippen LogP contribution in [0.25, 0.3) is 95.0 Å². The third kappa shape index (κ3) is 4.47. The third-order valence-electron chi connectivity index (χ3n) is 9.06. The quantitative estimate of drug-likeness (QED) is 0.180. The third-order valence-corrected chi connectivity index (χ3v) is 9.06. The van der Waals surface area contributed by atoms with E-state index in [1.165, 1.54) is 0 Å². The van der Waals surface area contributed by atoms with E-state index in [0.29, 0.717) is 16.9 Å². The zero-order valence-corrected chi connectivity index (χ0v) is 27.1. The minimum absolute atomic E-state index is 0.189. The first-order valence-electron chi connectivity index (χ1n) is 24.4. The van der Waals surface area contributed by atoms with Crippen molar-refractivity contribution < 1.29 is 21.9 Å². The highest BCUT2D eigenvalue weighted by molar-refractivity contribution is 6.10. The predicted octanol–water partition coefficient (Wildman–Crippen LogP) is 10.7. The van der Waals surface area contributed by atoms with Crippen molar-refractivity contribution in [2.24, 2.45) is 0 Å². The second-order valence-electron chi connectivity index (χ2n) is 12.0. The smallest absolute Gasteiger partial charge is 0.240 e. The van der Waals surface area contributed by atoms with Gasteiger partial charge in [-0.25, -0.2) is 4.98 Å². The van der Waals surface area contributed by atoms with E-state index < -0.39 is 109 Å². The molecule has 0 saturated carbocycles. The average molecular weight is 696 g/mol. The number of rotatable bonds is 5. The summed E-state index contributed by atoms with van der Waals surface area (Å²) in [6, 6.07) is 13.1. The van der Waals surface area contributed by atoms with Crippen LogP contribution in [0.3, 0.4) is 0 Å². The summed E-state index contributed by atoms with van der Waals surface area (Å²) in [6.45, 7) is 0. The predicted molar refractivity (Wildman–Crippen MR) is 214 cm³/mol. The molecule has 0 aliphatic rings. The molecule has 11 aromatic rings. The van der Waals surface area contributed by atoms with Crippen molar-refractivity contribution in [3.05, 3.63) is 176 Å². The average Bonchev–Trinajstić information content (AvgIpc) is 4.06. The van der Waals surface area contributed by atoms with Crippen LogP contribution in [-0.4, -0.2) is 33.6 Å². The molecule has 53 heavy (non-hydrogen) atoms. The van der Waals surface area contributed by atoms with Crippen LogP contribution in [0.15, 0.2) is 176 Å². The Morgan fingerprint density at radius 3 is 1.38 bits per heavy atom. The molecule has 0 aliphatic heterocycles. The summed E-state index contributed by atoms with van der Waals surface area (Å²) in [5.74, 6) is -0.756. The van der Waals surface area contributed by atoms with E-state index >= 15 is 0 Å². The number of hydrogen-bond donors (Lipinski definition) is 0. The summed E-state index contributed by atoms with van der Waals surface area (Å²) in [5.41, 5.74) is 1.48. The Balaban J connectivity index is 1.37. The molecule has 0 fully saturated rings. The van der Waals surface area contributed by atoms with Crippen molar-refractivity contribution in [3.63, 3.8) is 0 Å². The van der Waals surface area contributed by atoms with E-state index in [0.717, 1.165) is 20.3 Å². The van der Waals surface area contributed by atoms with E-state index in [1.807, 2.05) is 59.2 Å². The molecule has 7 aromatic carbocycles.